The summed E-state index contributed by atoms with van der Waals surface area (Å²) >= 11 is 3.44. The Kier molecular flexibility index (Phi) is 4.16. The molecule has 0 aromatic heterocycles. The molecule has 1 N–H and O–H groups in total. The van der Waals surface area contributed by atoms with Crippen LogP contribution in [0.1, 0.15) is 38.2 Å². The summed E-state index contributed by atoms with van der Waals surface area (Å²) in [7, 11) is 0. The quantitative estimate of drug-likeness (QED) is 0.883. The molecule has 1 heterocycles. The minimum absolute atomic E-state index is 0.0978. The molecule has 1 aromatic carbocycles. The van der Waals surface area contributed by atoms with E-state index in [0.717, 1.165) is 23.1 Å². The van der Waals surface area contributed by atoms with Gasteiger partial charge in [0.15, 0.2) is 0 Å². The van der Waals surface area contributed by atoms with Crippen LogP contribution in [-0.2, 0) is 6.54 Å². The zero-order valence-electron chi connectivity index (χ0n) is 12.0. The van der Waals surface area contributed by atoms with Gasteiger partial charge >= 0.3 is 0 Å². The number of piperazine rings is 1. The maximum atomic E-state index is 14.0. The van der Waals surface area contributed by atoms with Gasteiger partial charge in [-0.1, -0.05) is 28.8 Å². The van der Waals surface area contributed by atoms with Crippen molar-refractivity contribution < 1.29 is 4.39 Å². The van der Waals surface area contributed by atoms with Gasteiger partial charge in [0.1, 0.15) is 5.82 Å². The highest BCUT2D eigenvalue weighted by atomic mass is 79.9. The number of rotatable bonds is 2. The summed E-state index contributed by atoms with van der Waals surface area (Å²) in [6.45, 7) is 4.98. The largest absolute Gasteiger partial charge is 0.308 e. The molecule has 1 aliphatic heterocycles. The van der Waals surface area contributed by atoms with Gasteiger partial charge in [-0.25, -0.2) is 4.39 Å². The summed E-state index contributed by atoms with van der Waals surface area (Å²) in [5.74, 6) is -0.0978. The number of hydrogen-bond acceptors (Lipinski definition) is 2. The Morgan fingerprint density at radius 1 is 1.40 bits per heavy atom. The van der Waals surface area contributed by atoms with Crippen molar-refractivity contribution in [2.24, 2.45) is 0 Å². The van der Waals surface area contributed by atoms with Crippen LogP contribution in [0.25, 0.3) is 0 Å². The maximum absolute atomic E-state index is 14.0. The molecule has 1 unspecified atom stereocenters. The molecule has 1 atom stereocenters. The van der Waals surface area contributed by atoms with Crippen molar-refractivity contribution in [1.29, 1.82) is 0 Å². The zero-order chi connectivity index (χ0) is 14.2. The molecule has 1 aliphatic carbocycles. The van der Waals surface area contributed by atoms with Crippen molar-refractivity contribution in [2.75, 3.05) is 13.1 Å². The summed E-state index contributed by atoms with van der Waals surface area (Å²) in [6, 6.07) is 5.68. The Hall–Kier alpha value is -0.450. The highest BCUT2D eigenvalue weighted by Crippen LogP contribution is 2.33. The summed E-state index contributed by atoms with van der Waals surface area (Å²) in [5.41, 5.74) is 1.08. The van der Waals surface area contributed by atoms with E-state index < -0.39 is 0 Å². The molecule has 1 spiro atoms. The Morgan fingerprint density at radius 2 is 2.15 bits per heavy atom. The first kappa shape index (κ1) is 14.5. The summed E-state index contributed by atoms with van der Waals surface area (Å²) in [5, 5.41) is 3.74. The molecular weight excluding hydrogens is 319 g/mol. The second-order valence-electron chi connectivity index (χ2n) is 6.36. The van der Waals surface area contributed by atoms with Crippen LogP contribution in [0.4, 0.5) is 4.39 Å². The summed E-state index contributed by atoms with van der Waals surface area (Å²) in [6.07, 6.45) is 5.16. The van der Waals surface area contributed by atoms with Crippen LogP contribution in [0.3, 0.4) is 0 Å². The van der Waals surface area contributed by atoms with Gasteiger partial charge in [-0.3, -0.25) is 4.90 Å². The van der Waals surface area contributed by atoms with E-state index in [4.69, 9.17) is 0 Å². The van der Waals surface area contributed by atoms with Gasteiger partial charge in [-0.15, -0.1) is 0 Å². The first-order valence-electron chi connectivity index (χ1n) is 7.51. The van der Waals surface area contributed by atoms with Gasteiger partial charge in [-0.2, -0.15) is 0 Å². The van der Waals surface area contributed by atoms with Crippen LogP contribution in [0, 0.1) is 5.82 Å². The molecule has 110 valence electrons. The molecule has 2 nitrogen and oxygen atoms in total. The van der Waals surface area contributed by atoms with Crippen molar-refractivity contribution in [1.82, 2.24) is 10.2 Å². The predicted molar refractivity (Wildman–Crippen MR) is 83.2 cm³/mol. The standard InChI is InChI=1S/C16H22BrFN2/c1-12-9-19-16(6-2-3-7-16)11-20(12)10-13-8-14(17)4-5-15(13)18/h4-5,8,12,19H,2-3,6-7,9-11H2,1H3. The minimum atomic E-state index is -0.0978. The fraction of sp³-hybridized carbons (Fsp3) is 0.625. The number of benzene rings is 1. The van der Waals surface area contributed by atoms with E-state index in [0.29, 0.717) is 12.6 Å². The molecule has 0 radical (unpaired) electrons. The van der Waals surface area contributed by atoms with Crippen LogP contribution in [-0.4, -0.2) is 29.6 Å². The highest BCUT2D eigenvalue weighted by molar-refractivity contribution is 9.10. The third-order valence-corrected chi connectivity index (χ3v) is 5.34. The summed E-state index contributed by atoms with van der Waals surface area (Å²) < 4.78 is 14.9. The number of hydrogen-bond donors (Lipinski definition) is 1. The normalized spacial score (nSPS) is 26.2. The van der Waals surface area contributed by atoms with Crippen LogP contribution in [0.15, 0.2) is 22.7 Å². The Morgan fingerprint density at radius 3 is 2.90 bits per heavy atom. The van der Waals surface area contributed by atoms with E-state index in [1.807, 2.05) is 6.07 Å². The van der Waals surface area contributed by atoms with E-state index in [1.54, 1.807) is 12.1 Å². The van der Waals surface area contributed by atoms with E-state index >= 15 is 0 Å². The SMILES string of the molecule is CC1CNC2(CCCC2)CN1Cc1cc(Br)ccc1F. The molecule has 20 heavy (non-hydrogen) atoms. The average Bonchev–Trinajstić information content (AvgIpc) is 2.87. The molecule has 1 aromatic rings. The Labute approximate surface area is 128 Å². The molecule has 2 fully saturated rings. The van der Waals surface area contributed by atoms with Crippen LogP contribution in [0.2, 0.25) is 0 Å². The number of nitrogens with one attached hydrogen (secondary N) is 1. The molecule has 4 heteroatoms. The third-order valence-electron chi connectivity index (χ3n) is 4.84. The predicted octanol–water partition coefficient (Wildman–Crippen LogP) is 3.69. The smallest absolute Gasteiger partial charge is 0.127 e. The molecule has 3 rings (SSSR count). The first-order valence-corrected chi connectivity index (χ1v) is 8.30. The van der Waals surface area contributed by atoms with Crippen molar-refractivity contribution in [2.45, 2.75) is 50.7 Å². The minimum Gasteiger partial charge on any atom is -0.308 e. The number of nitrogens with zero attached hydrogens (tertiary/aromatic N) is 1. The molecule has 2 aliphatic rings. The fourth-order valence-corrected chi connectivity index (χ4v) is 3.98. The molecule has 0 amide bonds. The van der Waals surface area contributed by atoms with Gasteiger partial charge in [0.05, 0.1) is 0 Å². The topological polar surface area (TPSA) is 15.3 Å². The lowest BCUT2D eigenvalue weighted by Crippen LogP contribution is -2.62. The fourth-order valence-electron chi connectivity index (χ4n) is 3.58. The van der Waals surface area contributed by atoms with Crippen molar-refractivity contribution in [3.63, 3.8) is 0 Å². The van der Waals surface area contributed by atoms with E-state index in [-0.39, 0.29) is 11.4 Å². The monoisotopic (exact) mass is 340 g/mol. The van der Waals surface area contributed by atoms with Gasteiger partial charge in [0, 0.05) is 41.3 Å². The van der Waals surface area contributed by atoms with Gasteiger partial charge in [0.2, 0.25) is 0 Å². The van der Waals surface area contributed by atoms with Gasteiger partial charge in [-0.05, 0) is 38.0 Å². The molecular formula is C16H22BrFN2. The molecule has 1 saturated heterocycles. The number of halogens is 2. The second kappa shape index (κ2) is 5.74. The molecule has 0 bridgehead atoms. The third kappa shape index (κ3) is 2.92. The first-order chi connectivity index (χ1) is 9.58. The van der Waals surface area contributed by atoms with E-state index in [1.165, 1.54) is 25.7 Å². The molecule has 1 saturated carbocycles. The van der Waals surface area contributed by atoms with Crippen molar-refractivity contribution >= 4 is 15.9 Å². The van der Waals surface area contributed by atoms with Crippen LogP contribution < -0.4 is 5.32 Å². The van der Waals surface area contributed by atoms with Crippen LogP contribution in [0.5, 0.6) is 0 Å². The van der Waals surface area contributed by atoms with Gasteiger partial charge in [0.25, 0.3) is 0 Å². The summed E-state index contributed by atoms with van der Waals surface area (Å²) in [4.78, 5) is 2.44. The lowest BCUT2D eigenvalue weighted by Gasteiger charge is -2.45. The Bertz CT molecular complexity index is 485. The van der Waals surface area contributed by atoms with Gasteiger partial charge < -0.3 is 5.32 Å². The zero-order valence-corrected chi connectivity index (χ0v) is 13.5. The maximum Gasteiger partial charge on any atom is 0.127 e. The van der Waals surface area contributed by atoms with Crippen LogP contribution >= 0.6 is 15.9 Å². The highest BCUT2D eigenvalue weighted by Gasteiger charge is 2.39. The Balaban J connectivity index is 1.76. The van der Waals surface area contributed by atoms with E-state index in [9.17, 15) is 4.39 Å². The van der Waals surface area contributed by atoms with Crippen molar-refractivity contribution in [3.8, 4) is 0 Å². The average molecular weight is 341 g/mol. The lowest BCUT2D eigenvalue weighted by molar-refractivity contribution is 0.0817. The van der Waals surface area contributed by atoms with E-state index in [2.05, 4.69) is 33.1 Å². The van der Waals surface area contributed by atoms with Crippen molar-refractivity contribution in [3.05, 3.63) is 34.1 Å². The lowest BCUT2D eigenvalue weighted by atomic mass is 9.92. The second-order valence-corrected chi connectivity index (χ2v) is 7.27.